The van der Waals surface area contributed by atoms with Crippen LogP contribution < -0.4 is 10.6 Å². The molecule has 3 N–H and O–H groups in total. The molecule has 1 aliphatic carbocycles. The van der Waals surface area contributed by atoms with Crippen molar-refractivity contribution in [1.29, 1.82) is 0 Å². The summed E-state index contributed by atoms with van der Waals surface area (Å²) in [4.78, 5) is 23.2. The van der Waals surface area contributed by atoms with Crippen molar-refractivity contribution in [3.05, 3.63) is 35.9 Å². The van der Waals surface area contributed by atoms with E-state index in [0.29, 0.717) is 5.56 Å². The molecule has 114 valence electrons. The van der Waals surface area contributed by atoms with Crippen molar-refractivity contribution >= 4 is 11.9 Å². The van der Waals surface area contributed by atoms with Crippen LogP contribution in [-0.4, -0.2) is 29.6 Å². The zero-order valence-electron chi connectivity index (χ0n) is 12.0. The molecule has 1 saturated carbocycles. The Kier molecular flexibility index (Phi) is 5.75. The summed E-state index contributed by atoms with van der Waals surface area (Å²) in [6.45, 7) is 0.0162. The van der Waals surface area contributed by atoms with Crippen LogP contribution in [0.2, 0.25) is 0 Å². The number of nitrogens with one attached hydrogen (secondary N) is 2. The van der Waals surface area contributed by atoms with Crippen LogP contribution in [0.4, 0.5) is 0 Å². The molecule has 1 atom stereocenters. The molecule has 21 heavy (non-hydrogen) atoms. The van der Waals surface area contributed by atoms with Crippen molar-refractivity contribution in [3.63, 3.8) is 0 Å². The highest BCUT2D eigenvalue weighted by Crippen LogP contribution is 2.17. The summed E-state index contributed by atoms with van der Waals surface area (Å²) < 4.78 is 0. The van der Waals surface area contributed by atoms with Crippen LogP contribution in [0.1, 0.15) is 43.7 Å². The van der Waals surface area contributed by atoms with E-state index in [1.54, 1.807) is 24.3 Å². The topological polar surface area (TPSA) is 78.4 Å². The number of benzene rings is 1. The van der Waals surface area contributed by atoms with Crippen molar-refractivity contribution < 1.29 is 14.7 Å². The zero-order chi connectivity index (χ0) is 15.1. The first-order valence-electron chi connectivity index (χ1n) is 7.47. The van der Waals surface area contributed by atoms with Gasteiger partial charge in [0.15, 0.2) is 0 Å². The molecule has 0 aliphatic heterocycles. The molecule has 0 radical (unpaired) electrons. The summed E-state index contributed by atoms with van der Waals surface area (Å²) in [5.74, 6) is -1.12. The van der Waals surface area contributed by atoms with E-state index in [-0.39, 0.29) is 18.5 Å². The van der Waals surface area contributed by atoms with E-state index in [0.717, 1.165) is 25.7 Å². The second-order valence-corrected chi connectivity index (χ2v) is 5.47. The molecule has 1 aliphatic rings. The van der Waals surface area contributed by atoms with E-state index < -0.39 is 12.0 Å². The van der Waals surface area contributed by atoms with Gasteiger partial charge in [-0.2, -0.15) is 0 Å². The fourth-order valence-electron chi connectivity index (χ4n) is 2.71. The Bertz CT molecular complexity index is 470. The van der Waals surface area contributed by atoms with Gasteiger partial charge in [-0.3, -0.25) is 14.9 Å². The number of carboxylic acid groups (broad SMARTS) is 1. The van der Waals surface area contributed by atoms with Crippen molar-refractivity contribution in [1.82, 2.24) is 10.6 Å². The van der Waals surface area contributed by atoms with Crippen LogP contribution in [0.3, 0.4) is 0 Å². The lowest BCUT2D eigenvalue weighted by atomic mass is 9.95. The molecular formula is C16H22N2O3. The van der Waals surface area contributed by atoms with Crippen LogP contribution in [-0.2, 0) is 9.59 Å². The molecule has 1 aromatic rings. The number of carbonyl (C=O) groups is 2. The molecule has 1 unspecified atom stereocenters. The molecule has 1 aromatic carbocycles. The van der Waals surface area contributed by atoms with Crippen LogP contribution in [0.5, 0.6) is 0 Å². The summed E-state index contributed by atoms with van der Waals surface area (Å²) in [5, 5.41) is 15.1. The van der Waals surface area contributed by atoms with E-state index in [9.17, 15) is 14.7 Å². The number of hydrogen-bond acceptors (Lipinski definition) is 3. The Morgan fingerprint density at radius 1 is 1.14 bits per heavy atom. The molecule has 0 aromatic heterocycles. The summed E-state index contributed by atoms with van der Waals surface area (Å²) in [6.07, 6.45) is 5.58. The Hall–Kier alpha value is -1.88. The van der Waals surface area contributed by atoms with Crippen molar-refractivity contribution in [2.24, 2.45) is 0 Å². The van der Waals surface area contributed by atoms with Gasteiger partial charge in [-0.1, -0.05) is 49.6 Å². The van der Waals surface area contributed by atoms with Gasteiger partial charge in [-0.05, 0) is 18.4 Å². The third-order valence-corrected chi connectivity index (χ3v) is 3.82. The molecule has 5 heteroatoms. The van der Waals surface area contributed by atoms with Crippen molar-refractivity contribution in [2.75, 3.05) is 6.54 Å². The predicted octanol–water partition coefficient (Wildman–Crippen LogP) is 1.85. The molecule has 0 spiro atoms. The third-order valence-electron chi connectivity index (χ3n) is 3.82. The molecular weight excluding hydrogens is 268 g/mol. The van der Waals surface area contributed by atoms with Crippen LogP contribution in [0.15, 0.2) is 30.3 Å². The molecule has 1 fully saturated rings. The first kappa shape index (κ1) is 15.5. The minimum Gasteiger partial charge on any atom is -0.480 e. The highest BCUT2D eigenvalue weighted by molar-refractivity contribution is 5.80. The number of hydrogen-bond donors (Lipinski definition) is 3. The molecule has 0 heterocycles. The van der Waals surface area contributed by atoms with E-state index in [4.69, 9.17) is 0 Å². The van der Waals surface area contributed by atoms with Gasteiger partial charge in [-0.25, -0.2) is 0 Å². The molecule has 5 nitrogen and oxygen atoms in total. The first-order chi connectivity index (χ1) is 10.2. The SMILES string of the molecule is O=C(CNC(C(=O)O)c1ccccc1)NC1CCCCC1. The van der Waals surface area contributed by atoms with Gasteiger partial charge in [0.2, 0.25) is 5.91 Å². The van der Waals surface area contributed by atoms with Gasteiger partial charge in [0.05, 0.1) is 6.54 Å². The van der Waals surface area contributed by atoms with Gasteiger partial charge in [0, 0.05) is 6.04 Å². The van der Waals surface area contributed by atoms with Crippen molar-refractivity contribution in [2.45, 2.75) is 44.2 Å². The number of amides is 1. The normalized spacial score (nSPS) is 17.1. The van der Waals surface area contributed by atoms with E-state index >= 15 is 0 Å². The highest BCUT2D eigenvalue weighted by atomic mass is 16.4. The van der Waals surface area contributed by atoms with Gasteiger partial charge in [0.1, 0.15) is 6.04 Å². The van der Waals surface area contributed by atoms with E-state index in [1.807, 2.05) is 6.07 Å². The highest BCUT2D eigenvalue weighted by Gasteiger charge is 2.21. The standard InChI is InChI=1S/C16H22N2O3/c19-14(18-13-9-5-2-6-10-13)11-17-15(16(20)21)12-7-3-1-4-8-12/h1,3-4,7-8,13,15,17H,2,5-6,9-11H2,(H,18,19)(H,20,21). The first-order valence-corrected chi connectivity index (χ1v) is 7.47. The van der Waals surface area contributed by atoms with Crippen molar-refractivity contribution in [3.8, 4) is 0 Å². The maximum atomic E-state index is 11.9. The fourth-order valence-corrected chi connectivity index (χ4v) is 2.71. The Labute approximate surface area is 124 Å². The largest absolute Gasteiger partial charge is 0.480 e. The van der Waals surface area contributed by atoms with Crippen LogP contribution >= 0.6 is 0 Å². The second kappa shape index (κ2) is 7.78. The van der Waals surface area contributed by atoms with E-state index in [2.05, 4.69) is 10.6 Å². The maximum Gasteiger partial charge on any atom is 0.325 e. The number of carbonyl (C=O) groups excluding carboxylic acids is 1. The lowest BCUT2D eigenvalue weighted by Gasteiger charge is -2.23. The van der Waals surface area contributed by atoms with Gasteiger partial charge < -0.3 is 10.4 Å². The van der Waals surface area contributed by atoms with Crippen LogP contribution in [0.25, 0.3) is 0 Å². The number of rotatable bonds is 6. The lowest BCUT2D eigenvalue weighted by Crippen LogP contribution is -2.43. The zero-order valence-corrected chi connectivity index (χ0v) is 12.0. The molecule has 1 amide bonds. The molecule has 2 rings (SSSR count). The van der Waals surface area contributed by atoms with Gasteiger partial charge in [-0.15, -0.1) is 0 Å². The minimum atomic E-state index is -0.980. The predicted molar refractivity (Wildman–Crippen MR) is 79.8 cm³/mol. The van der Waals surface area contributed by atoms with Crippen LogP contribution in [0, 0.1) is 0 Å². The average molecular weight is 290 g/mol. The number of aliphatic carboxylic acids is 1. The third kappa shape index (κ3) is 4.86. The fraction of sp³-hybridized carbons (Fsp3) is 0.500. The summed E-state index contributed by atoms with van der Waals surface area (Å²) in [5.41, 5.74) is 0.649. The monoisotopic (exact) mass is 290 g/mol. The van der Waals surface area contributed by atoms with E-state index in [1.165, 1.54) is 6.42 Å². The van der Waals surface area contributed by atoms with Gasteiger partial charge in [0.25, 0.3) is 0 Å². The summed E-state index contributed by atoms with van der Waals surface area (Å²) >= 11 is 0. The Morgan fingerprint density at radius 2 is 1.81 bits per heavy atom. The lowest BCUT2D eigenvalue weighted by molar-refractivity contribution is -0.139. The quantitative estimate of drug-likeness (QED) is 0.747. The maximum absolute atomic E-state index is 11.9. The minimum absolute atomic E-state index is 0.0162. The summed E-state index contributed by atoms with van der Waals surface area (Å²) in [6, 6.07) is 8.27. The van der Waals surface area contributed by atoms with Gasteiger partial charge >= 0.3 is 5.97 Å². The smallest absolute Gasteiger partial charge is 0.325 e. The summed E-state index contributed by atoms with van der Waals surface area (Å²) in [7, 11) is 0. The molecule has 0 saturated heterocycles. The Morgan fingerprint density at radius 3 is 2.43 bits per heavy atom. The second-order valence-electron chi connectivity index (χ2n) is 5.47. The number of carboxylic acids is 1. The Balaban J connectivity index is 1.84. The molecule has 0 bridgehead atoms. The average Bonchev–Trinajstić information content (AvgIpc) is 2.49.